The number of rotatable bonds is 15. The van der Waals surface area contributed by atoms with Gasteiger partial charge in [0.05, 0.1) is 25.9 Å². The van der Waals surface area contributed by atoms with E-state index in [9.17, 15) is 14.7 Å². The molecule has 11 heteroatoms. The predicted molar refractivity (Wildman–Crippen MR) is 244 cm³/mol. The molecule has 0 aliphatic carbocycles. The Morgan fingerprint density at radius 1 is 0.714 bits per heavy atom. The van der Waals surface area contributed by atoms with Crippen LogP contribution < -0.4 is 10.6 Å². The predicted octanol–water partition coefficient (Wildman–Crippen LogP) is 10.3. The topological polar surface area (TPSA) is 132 Å². The third-order valence-electron chi connectivity index (χ3n) is 11.1. The Balaban J connectivity index is 0.996. The lowest BCUT2D eigenvalue weighted by Crippen LogP contribution is -2.47. The van der Waals surface area contributed by atoms with Crippen LogP contribution in [0.1, 0.15) is 47.1 Å². The molecule has 1 aromatic heterocycles. The Hall–Kier alpha value is -6.50. The molecule has 2 heterocycles. The molecule has 1 saturated heterocycles. The summed E-state index contributed by atoms with van der Waals surface area (Å²) in [6, 6.07) is 52.2. The number of nitrogens with one attached hydrogen (secondary N) is 2. The minimum atomic E-state index is -0.835. The number of hydrogen-bond acceptors (Lipinski definition) is 9. The molecule has 10 nitrogen and oxygen atoms in total. The Kier molecular flexibility index (Phi) is 14.1. The maximum Gasteiger partial charge on any atom is 0.328 e. The van der Waals surface area contributed by atoms with Gasteiger partial charge in [-0.25, -0.2) is 14.6 Å². The van der Waals surface area contributed by atoms with Crippen LogP contribution in [0.2, 0.25) is 0 Å². The van der Waals surface area contributed by atoms with Crippen LogP contribution in [0.4, 0.5) is 4.79 Å². The number of aliphatic hydroxyl groups is 1. The second-order valence-corrected chi connectivity index (χ2v) is 16.4. The fourth-order valence-corrected chi connectivity index (χ4v) is 8.69. The molecule has 7 aromatic rings. The van der Waals surface area contributed by atoms with E-state index in [2.05, 4.69) is 23.6 Å². The third kappa shape index (κ3) is 10.8. The van der Waals surface area contributed by atoms with Crippen molar-refractivity contribution in [1.29, 1.82) is 0 Å². The maximum atomic E-state index is 13.0. The standard InChI is InChI=1S/C52H49N3O7S/c1-34-45(33-63-52-55-46(38-17-8-4-9-18-38)48(62-52)39-19-10-5-11-20-39)60-50(61-47(34)40-26-24-36(32-56)25-27-40)43-23-13-22-42(30-43)41-21-12-16-37(28-41)31-53-51(58)54-44(49(57)59-2)29-35-14-6-3-7-15-35/h3-28,30,34,44-45,47,50,56H,29,31-33H2,1-2H3,(H2,53,54,58)/t34-,44-,45+,47+,50+/m0/s1. The van der Waals surface area contributed by atoms with Crippen LogP contribution in [0.25, 0.3) is 33.7 Å². The number of benzene rings is 6. The van der Waals surface area contributed by atoms with Crippen molar-refractivity contribution in [1.82, 2.24) is 15.6 Å². The van der Waals surface area contributed by atoms with Gasteiger partial charge in [-0.05, 0) is 45.5 Å². The number of ether oxygens (including phenoxy) is 3. The van der Waals surface area contributed by atoms with Gasteiger partial charge in [-0.2, -0.15) is 0 Å². The van der Waals surface area contributed by atoms with E-state index in [4.69, 9.17) is 23.6 Å². The quantitative estimate of drug-likeness (QED) is 0.0681. The molecule has 3 N–H and O–H groups in total. The first kappa shape index (κ1) is 43.2. The second kappa shape index (κ2) is 20.6. The molecule has 5 atom stereocenters. The summed E-state index contributed by atoms with van der Waals surface area (Å²) in [5, 5.41) is 16.0. The Morgan fingerprint density at radius 3 is 2.05 bits per heavy atom. The zero-order chi connectivity index (χ0) is 43.5. The average Bonchev–Trinajstić information content (AvgIpc) is 3.78. The summed E-state index contributed by atoms with van der Waals surface area (Å²) in [5.74, 6) is 0.716. The monoisotopic (exact) mass is 859 g/mol. The van der Waals surface area contributed by atoms with Gasteiger partial charge >= 0.3 is 12.0 Å². The van der Waals surface area contributed by atoms with E-state index in [1.807, 2.05) is 158 Å². The second-order valence-electron chi connectivity index (χ2n) is 15.4. The van der Waals surface area contributed by atoms with Crippen molar-refractivity contribution in [2.24, 2.45) is 5.92 Å². The van der Waals surface area contributed by atoms with Crippen LogP contribution in [0.15, 0.2) is 173 Å². The van der Waals surface area contributed by atoms with Gasteiger partial charge in [0.15, 0.2) is 12.1 Å². The van der Waals surface area contributed by atoms with E-state index < -0.39 is 24.3 Å². The fraction of sp³-hybridized carbons (Fsp3) is 0.212. The number of urea groups is 1. The fourth-order valence-electron chi connectivity index (χ4n) is 7.71. The first-order chi connectivity index (χ1) is 30.8. The van der Waals surface area contributed by atoms with E-state index in [0.717, 1.165) is 61.5 Å². The summed E-state index contributed by atoms with van der Waals surface area (Å²) >= 11 is 1.52. The molecule has 0 radical (unpaired) electrons. The van der Waals surface area contributed by atoms with E-state index in [1.165, 1.54) is 18.9 Å². The lowest BCUT2D eigenvalue weighted by Gasteiger charge is -2.41. The van der Waals surface area contributed by atoms with Crippen molar-refractivity contribution >= 4 is 23.8 Å². The molecule has 8 rings (SSSR count). The van der Waals surface area contributed by atoms with Gasteiger partial charge in [0.25, 0.3) is 5.22 Å². The van der Waals surface area contributed by atoms with Gasteiger partial charge in [-0.1, -0.05) is 170 Å². The van der Waals surface area contributed by atoms with E-state index in [1.54, 1.807) is 0 Å². The highest BCUT2D eigenvalue weighted by molar-refractivity contribution is 7.99. The molecule has 0 bridgehead atoms. The highest BCUT2D eigenvalue weighted by atomic mass is 32.2. The number of oxazole rings is 1. The molecule has 63 heavy (non-hydrogen) atoms. The van der Waals surface area contributed by atoms with Gasteiger partial charge in [-0.15, -0.1) is 0 Å². The Morgan fingerprint density at radius 2 is 1.35 bits per heavy atom. The smallest absolute Gasteiger partial charge is 0.328 e. The summed E-state index contributed by atoms with van der Waals surface area (Å²) < 4.78 is 25.1. The van der Waals surface area contributed by atoms with Crippen molar-refractivity contribution in [3.63, 3.8) is 0 Å². The van der Waals surface area contributed by atoms with Crippen molar-refractivity contribution in [2.75, 3.05) is 12.9 Å². The summed E-state index contributed by atoms with van der Waals surface area (Å²) in [6.07, 6.45) is -0.935. The maximum absolute atomic E-state index is 13.0. The SMILES string of the molecule is COC(=O)[C@H](Cc1ccccc1)NC(=O)NCc1cccc(-c2cccc([C@@H]3O[C@H](CSc4nc(-c5ccccc5)c(-c5ccccc5)o4)[C@H](C)[C@H](c4ccc(CO)cc4)O3)c2)c1. The molecule has 1 aliphatic rings. The molecule has 0 saturated carbocycles. The third-order valence-corrected chi connectivity index (χ3v) is 12.0. The molecule has 1 aliphatic heterocycles. The molecule has 0 unspecified atom stereocenters. The number of esters is 1. The Bertz CT molecular complexity index is 2530. The first-order valence-corrected chi connectivity index (χ1v) is 21.9. The van der Waals surface area contributed by atoms with Crippen molar-refractivity contribution in [2.45, 2.75) is 56.3 Å². The molecule has 320 valence electrons. The largest absolute Gasteiger partial charge is 0.467 e. The number of nitrogens with zero attached hydrogens (tertiary/aromatic N) is 1. The molecule has 6 aromatic carbocycles. The van der Waals surface area contributed by atoms with Crippen LogP contribution in [-0.2, 0) is 38.6 Å². The van der Waals surface area contributed by atoms with Crippen LogP contribution in [-0.4, -0.2) is 47.1 Å². The highest BCUT2D eigenvalue weighted by Crippen LogP contribution is 2.44. The van der Waals surface area contributed by atoms with E-state index in [0.29, 0.717) is 17.4 Å². The number of hydrogen-bond donors (Lipinski definition) is 3. The average molecular weight is 860 g/mol. The van der Waals surface area contributed by atoms with Crippen LogP contribution in [0.5, 0.6) is 0 Å². The number of aromatic nitrogens is 1. The summed E-state index contributed by atoms with van der Waals surface area (Å²) in [4.78, 5) is 30.5. The Labute approximate surface area is 371 Å². The number of carbonyl (C=O) groups is 2. The van der Waals surface area contributed by atoms with E-state index >= 15 is 0 Å². The molecular weight excluding hydrogens is 811 g/mol. The summed E-state index contributed by atoms with van der Waals surface area (Å²) in [7, 11) is 1.31. The number of methoxy groups -OCH3 is 1. The van der Waals surface area contributed by atoms with Crippen LogP contribution >= 0.6 is 11.8 Å². The summed E-state index contributed by atoms with van der Waals surface area (Å²) in [6.45, 7) is 2.34. The minimum absolute atomic E-state index is 0.0414. The number of amides is 2. The first-order valence-electron chi connectivity index (χ1n) is 21.0. The van der Waals surface area contributed by atoms with Gasteiger partial charge in [-0.3, -0.25) is 0 Å². The normalized spacial score (nSPS) is 17.7. The van der Waals surface area contributed by atoms with Crippen molar-refractivity contribution < 1.29 is 33.3 Å². The highest BCUT2D eigenvalue weighted by Gasteiger charge is 2.39. The molecule has 2 amide bonds. The van der Waals surface area contributed by atoms with Gasteiger partial charge in [0.2, 0.25) is 0 Å². The van der Waals surface area contributed by atoms with Gasteiger partial charge < -0.3 is 34.4 Å². The number of aliphatic hydroxyl groups excluding tert-OH is 1. The molecule has 1 fully saturated rings. The van der Waals surface area contributed by atoms with Gasteiger partial charge in [0, 0.05) is 41.3 Å². The van der Waals surface area contributed by atoms with Crippen LogP contribution in [0.3, 0.4) is 0 Å². The lowest BCUT2D eigenvalue weighted by molar-refractivity contribution is -0.268. The van der Waals surface area contributed by atoms with Crippen molar-refractivity contribution in [3.8, 4) is 33.7 Å². The van der Waals surface area contributed by atoms with Gasteiger partial charge in [0.1, 0.15) is 11.7 Å². The zero-order valence-corrected chi connectivity index (χ0v) is 35.9. The zero-order valence-electron chi connectivity index (χ0n) is 35.1. The minimum Gasteiger partial charge on any atom is -0.467 e. The summed E-state index contributed by atoms with van der Waals surface area (Å²) in [5.41, 5.74) is 9.09. The number of thioether (sulfide) groups is 1. The number of carbonyl (C=O) groups excluding carboxylic acids is 2. The van der Waals surface area contributed by atoms with E-state index in [-0.39, 0.29) is 31.3 Å². The van der Waals surface area contributed by atoms with Crippen LogP contribution in [0, 0.1) is 5.92 Å². The molecular formula is C52H49N3O7S. The lowest BCUT2D eigenvalue weighted by atomic mass is 9.91. The molecule has 0 spiro atoms. The van der Waals surface area contributed by atoms with Crippen molar-refractivity contribution in [3.05, 3.63) is 192 Å².